The van der Waals surface area contributed by atoms with Crippen molar-refractivity contribution in [1.29, 1.82) is 0 Å². The van der Waals surface area contributed by atoms with Gasteiger partial charge in [-0.1, -0.05) is 35.9 Å². The van der Waals surface area contributed by atoms with Crippen LogP contribution in [-0.2, 0) is 19.1 Å². The second-order valence-electron chi connectivity index (χ2n) is 5.84. The Balaban J connectivity index is 2.13. The number of benzene rings is 2. The smallest absolute Gasteiger partial charge is 0.355 e. The second kappa shape index (κ2) is 9.12. The molecule has 0 spiro atoms. The van der Waals surface area contributed by atoms with Gasteiger partial charge < -0.3 is 19.1 Å². The predicted molar refractivity (Wildman–Crippen MR) is 110 cm³/mol. The molecule has 2 aromatic rings. The second-order valence-corrected chi connectivity index (χ2v) is 6.28. The van der Waals surface area contributed by atoms with Crippen LogP contribution >= 0.6 is 11.6 Å². The molecule has 0 saturated heterocycles. The van der Waals surface area contributed by atoms with E-state index in [-0.39, 0.29) is 11.3 Å². The molecule has 0 N–H and O–H groups in total. The van der Waals surface area contributed by atoms with Gasteiger partial charge in [-0.05, 0) is 42.5 Å². The largest absolute Gasteiger partial charge is 0.465 e. The van der Waals surface area contributed by atoms with Crippen LogP contribution in [0.1, 0.15) is 0 Å². The molecule has 2 aromatic carbocycles. The van der Waals surface area contributed by atoms with Crippen molar-refractivity contribution in [2.45, 2.75) is 0 Å². The maximum atomic E-state index is 12.6. The normalized spacial score (nSPS) is 13.1. The van der Waals surface area contributed by atoms with Gasteiger partial charge in [-0.25, -0.2) is 9.59 Å². The van der Waals surface area contributed by atoms with Crippen LogP contribution < -0.4 is 9.64 Å². The molecule has 0 radical (unpaired) electrons. The first-order valence-corrected chi connectivity index (χ1v) is 9.00. The molecule has 0 saturated carbocycles. The van der Waals surface area contributed by atoms with Crippen molar-refractivity contribution in [3.8, 4) is 11.5 Å². The van der Waals surface area contributed by atoms with Gasteiger partial charge in [0.2, 0.25) is 0 Å². The Morgan fingerprint density at radius 2 is 1.69 bits per heavy atom. The summed E-state index contributed by atoms with van der Waals surface area (Å²) < 4.78 is 15.8. The topological polar surface area (TPSA) is 65.1 Å². The van der Waals surface area contributed by atoms with E-state index in [1.807, 2.05) is 0 Å². The van der Waals surface area contributed by atoms with E-state index in [0.717, 1.165) is 0 Å². The number of para-hydroxylation sites is 2. The highest BCUT2D eigenvalue weighted by Gasteiger charge is 2.28. The first-order valence-electron chi connectivity index (χ1n) is 8.62. The molecule has 0 aliphatic carbocycles. The summed E-state index contributed by atoms with van der Waals surface area (Å²) in [5.41, 5.74) is 0.586. The third-order valence-electron chi connectivity index (χ3n) is 4.04. The number of ether oxygens (including phenoxy) is 3. The van der Waals surface area contributed by atoms with Gasteiger partial charge in [-0.15, -0.1) is 0 Å². The van der Waals surface area contributed by atoms with Crippen molar-refractivity contribution in [1.82, 2.24) is 0 Å². The quantitative estimate of drug-likeness (QED) is 0.669. The molecule has 0 atom stereocenters. The Kier molecular flexibility index (Phi) is 6.36. The number of hydrogen-bond acceptors (Lipinski definition) is 6. The summed E-state index contributed by atoms with van der Waals surface area (Å²) in [7, 11) is 2.49. The molecule has 29 heavy (non-hydrogen) atoms. The molecule has 6 nitrogen and oxygen atoms in total. The summed E-state index contributed by atoms with van der Waals surface area (Å²) >= 11 is 6.04. The number of anilines is 1. The van der Waals surface area contributed by atoms with Crippen LogP contribution in [-0.4, -0.2) is 26.2 Å². The SMILES string of the molecule is COC(=O)C1=C(C(=O)OC)N(c2ccccc2Oc2cccc(Cl)c2)C=CC=C1. The van der Waals surface area contributed by atoms with E-state index in [1.165, 1.54) is 25.2 Å². The highest BCUT2D eigenvalue weighted by atomic mass is 35.5. The van der Waals surface area contributed by atoms with Crippen LogP contribution in [0.15, 0.2) is 84.2 Å². The number of allylic oxidation sites excluding steroid dienone is 2. The average molecular weight is 412 g/mol. The molecule has 148 valence electrons. The van der Waals surface area contributed by atoms with E-state index >= 15 is 0 Å². The first kappa shape index (κ1) is 20.2. The van der Waals surface area contributed by atoms with E-state index < -0.39 is 11.9 Å². The van der Waals surface area contributed by atoms with Crippen molar-refractivity contribution >= 4 is 29.2 Å². The van der Waals surface area contributed by atoms with E-state index in [4.69, 9.17) is 25.8 Å². The molecule has 0 unspecified atom stereocenters. The number of hydrogen-bond donors (Lipinski definition) is 0. The molecule has 1 aliphatic rings. The van der Waals surface area contributed by atoms with Crippen molar-refractivity contribution in [3.05, 3.63) is 89.3 Å². The molecule has 0 fully saturated rings. The molecule has 7 heteroatoms. The molecular formula is C22H18ClNO5. The molecule has 1 aliphatic heterocycles. The summed E-state index contributed by atoms with van der Waals surface area (Å²) in [6.07, 6.45) is 6.46. The highest BCUT2D eigenvalue weighted by molar-refractivity contribution is 6.30. The minimum atomic E-state index is -0.695. The van der Waals surface area contributed by atoms with Gasteiger partial charge in [0.25, 0.3) is 0 Å². The van der Waals surface area contributed by atoms with E-state index in [2.05, 4.69) is 0 Å². The van der Waals surface area contributed by atoms with Gasteiger partial charge >= 0.3 is 11.9 Å². The standard InChI is InChI=1S/C22H18ClNO5/c1-27-21(25)17-10-5-6-13-24(20(17)22(26)28-2)18-11-3-4-12-19(18)29-16-9-7-8-15(23)14-16/h3-14H,1-2H3. The predicted octanol–water partition coefficient (Wildman–Crippen LogP) is 4.62. The van der Waals surface area contributed by atoms with Crippen molar-refractivity contribution in [3.63, 3.8) is 0 Å². The van der Waals surface area contributed by atoms with Crippen LogP contribution in [0, 0.1) is 0 Å². The number of carbonyl (C=O) groups is 2. The Labute approximate surface area is 173 Å². The maximum absolute atomic E-state index is 12.6. The van der Waals surface area contributed by atoms with Crippen molar-refractivity contribution in [2.75, 3.05) is 19.1 Å². The van der Waals surface area contributed by atoms with Crippen LogP contribution in [0.4, 0.5) is 5.69 Å². The Morgan fingerprint density at radius 3 is 2.41 bits per heavy atom. The fraction of sp³-hybridized carbons (Fsp3) is 0.0909. The average Bonchev–Trinajstić information content (AvgIpc) is 2.96. The molecular weight excluding hydrogens is 394 g/mol. The third-order valence-corrected chi connectivity index (χ3v) is 4.27. The zero-order chi connectivity index (χ0) is 20.8. The molecule has 0 aromatic heterocycles. The van der Waals surface area contributed by atoms with E-state index in [0.29, 0.717) is 22.2 Å². The van der Waals surface area contributed by atoms with Crippen LogP contribution in [0.5, 0.6) is 11.5 Å². The fourth-order valence-electron chi connectivity index (χ4n) is 2.75. The Morgan fingerprint density at radius 1 is 0.931 bits per heavy atom. The molecule has 0 bridgehead atoms. The summed E-state index contributed by atoms with van der Waals surface area (Å²) in [6, 6.07) is 14.0. The zero-order valence-corrected chi connectivity index (χ0v) is 16.6. The molecule has 1 heterocycles. The number of carbonyl (C=O) groups excluding carboxylic acids is 2. The van der Waals surface area contributed by atoms with E-state index in [1.54, 1.807) is 66.9 Å². The summed E-state index contributed by atoms with van der Waals surface area (Å²) in [5, 5.41) is 0.530. The first-order chi connectivity index (χ1) is 14.0. The monoisotopic (exact) mass is 411 g/mol. The Hall–Kier alpha value is -3.51. The maximum Gasteiger partial charge on any atom is 0.355 e. The van der Waals surface area contributed by atoms with Crippen LogP contribution in [0.3, 0.4) is 0 Å². The fourth-order valence-corrected chi connectivity index (χ4v) is 2.93. The number of methoxy groups -OCH3 is 2. The lowest BCUT2D eigenvalue weighted by Gasteiger charge is -2.25. The number of halogens is 1. The van der Waals surface area contributed by atoms with Gasteiger partial charge in [0.15, 0.2) is 5.75 Å². The van der Waals surface area contributed by atoms with E-state index in [9.17, 15) is 9.59 Å². The summed E-state index contributed by atoms with van der Waals surface area (Å²) in [4.78, 5) is 26.4. The lowest BCUT2D eigenvalue weighted by molar-refractivity contribution is -0.139. The zero-order valence-electron chi connectivity index (χ0n) is 15.8. The number of nitrogens with zero attached hydrogens (tertiary/aromatic N) is 1. The number of esters is 2. The lowest BCUT2D eigenvalue weighted by Crippen LogP contribution is -2.27. The number of rotatable bonds is 5. The van der Waals surface area contributed by atoms with Gasteiger partial charge in [0.05, 0.1) is 25.5 Å². The van der Waals surface area contributed by atoms with Crippen LogP contribution in [0.2, 0.25) is 5.02 Å². The lowest BCUT2D eigenvalue weighted by atomic mass is 10.1. The summed E-state index contributed by atoms with van der Waals surface area (Å²) in [5.74, 6) is -0.381. The highest BCUT2D eigenvalue weighted by Crippen LogP contribution is 2.36. The van der Waals surface area contributed by atoms with Gasteiger partial charge in [-0.2, -0.15) is 0 Å². The molecule has 0 amide bonds. The third kappa shape index (κ3) is 4.50. The Bertz CT molecular complexity index is 1030. The van der Waals surface area contributed by atoms with Crippen molar-refractivity contribution in [2.24, 2.45) is 0 Å². The molecule has 3 rings (SSSR count). The van der Waals surface area contributed by atoms with Gasteiger partial charge in [0.1, 0.15) is 11.4 Å². The van der Waals surface area contributed by atoms with Gasteiger partial charge in [-0.3, -0.25) is 0 Å². The van der Waals surface area contributed by atoms with Crippen molar-refractivity contribution < 1.29 is 23.8 Å². The minimum Gasteiger partial charge on any atom is -0.465 e. The minimum absolute atomic E-state index is 0.00601. The van der Waals surface area contributed by atoms with Gasteiger partial charge in [0, 0.05) is 11.2 Å². The van der Waals surface area contributed by atoms with Crippen LogP contribution in [0.25, 0.3) is 0 Å². The summed E-state index contributed by atoms with van der Waals surface area (Å²) in [6.45, 7) is 0.